The molecule has 6 aromatic rings. The van der Waals surface area contributed by atoms with Gasteiger partial charge in [-0.1, -0.05) is 12.8 Å². The van der Waals surface area contributed by atoms with E-state index < -0.39 is 0 Å². The molecule has 1 saturated carbocycles. The van der Waals surface area contributed by atoms with Crippen molar-refractivity contribution >= 4 is 33.5 Å². The first-order valence-corrected chi connectivity index (χ1v) is 15.1. The van der Waals surface area contributed by atoms with Gasteiger partial charge < -0.3 is 19.9 Å². The first-order valence-electron chi connectivity index (χ1n) is 15.1. The van der Waals surface area contributed by atoms with Crippen LogP contribution in [-0.2, 0) is 4.79 Å². The Morgan fingerprint density at radius 1 is 1.00 bits per heavy atom. The van der Waals surface area contributed by atoms with Gasteiger partial charge in [-0.3, -0.25) is 19.9 Å². The predicted molar refractivity (Wildman–Crippen MR) is 172 cm³/mol. The van der Waals surface area contributed by atoms with Gasteiger partial charge in [-0.05, 0) is 68.9 Å². The summed E-state index contributed by atoms with van der Waals surface area (Å²) in [6.07, 6.45) is 10.9. The number of hydrogen-bond acceptors (Lipinski definition) is 7. The lowest BCUT2D eigenvalue weighted by molar-refractivity contribution is -0.119. The zero-order valence-electron chi connectivity index (χ0n) is 25.1. The maximum atomic E-state index is 14.7. The number of benzene rings is 1. The van der Waals surface area contributed by atoms with E-state index in [2.05, 4.69) is 30.5 Å². The summed E-state index contributed by atoms with van der Waals surface area (Å²) in [4.78, 5) is 31.8. The number of likely N-dealkylation sites (N-methyl/N-ethyl adjacent to an activating group) is 1. The SMILES string of the molecule is CN(C)CCOc1cc(F)cc(-c2cncc3[nH]c(-c4n[nH]c5ccc(-c6cncc(NC(=O)C7CCCC7)c6)nc45)cc23)c1. The van der Waals surface area contributed by atoms with Gasteiger partial charge in [0.25, 0.3) is 0 Å². The van der Waals surface area contributed by atoms with Gasteiger partial charge in [0.05, 0.1) is 40.5 Å². The quantitative estimate of drug-likeness (QED) is 0.174. The van der Waals surface area contributed by atoms with Crippen molar-refractivity contribution < 1.29 is 13.9 Å². The summed E-state index contributed by atoms with van der Waals surface area (Å²) in [6.45, 7) is 1.17. The lowest BCUT2D eigenvalue weighted by atomic mass is 10.0. The maximum Gasteiger partial charge on any atom is 0.227 e. The Kier molecular flexibility index (Phi) is 7.68. The van der Waals surface area contributed by atoms with Gasteiger partial charge in [0.2, 0.25) is 5.91 Å². The van der Waals surface area contributed by atoms with Gasteiger partial charge in [0.1, 0.15) is 29.4 Å². The molecule has 11 heteroatoms. The molecule has 0 atom stereocenters. The number of amides is 1. The molecule has 5 aromatic heterocycles. The van der Waals surface area contributed by atoms with Gasteiger partial charge in [-0.25, -0.2) is 9.37 Å². The molecule has 45 heavy (non-hydrogen) atoms. The van der Waals surface area contributed by atoms with E-state index in [4.69, 9.17) is 9.72 Å². The van der Waals surface area contributed by atoms with Crippen LogP contribution >= 0.6 is 0 Å². The van der Waals surface area contributed by atoms with Crippen LogP contribution in [0.4, 0.5) is 10.1 Å². The average Bonchev–Trinajstić information content (AvgIpc) is 3.80. The fourth-order valence-electron chi connectivity index (χ4n) is 5.88. The molecule has 0 radical (unpaired) electrons. The Morgan fingerprint density at radius 2 is 1.84 bits per heavy atom. The van der Waals surface area contributed by atoms with E-state index in [1.807, 2.05) is 49.3 Å². The number of aromatic amines is 2. The summed E-state index contributed by atoms with van der Waals surface area (Å²) in [5, 5.41) is 11.6. The topological polar surface area (TPSA) is 125 Å². The Hall–Kier alpha value is -5.16. The minimum Gasteiger partial charge on any atom is -0.492 e. The zero-order chi connectivity index (χ0) is 30.9. The molecule has 0 spiro atoms. The van der Waals surface area contributed by atoms with E-state index >= 15 is 0 Å². The van der Waals surface area contributed by atoms with Crippen molar-refractivity contribution in [1.82, 2.24) is 35.0 Å². The van der Waals surface area contributed by atoms with Crippen molar-refractivity contribution in [2.75, 3.05) is 32.6 Å². The van der Waals surface area contributed by atoms with Crippen molar-refractivity contribution in [2.24, 2.45) is 5.92 Å². The normalized spacial score (nSPS) is 13.7. The molecule has 0 aliphatic heterocycles. The number of halogens is 1. The van der Waals surface area contributed by atoms with Crippen LogP contribution in [0.15, 0.2) is 67.3 Å². The van der Waals surface area contributed by atoms with Crippen molar-refractivity contribution in [1.29, 1.82) is 0 Å². The number of nitrogens with zero attached hydrogens (tertiary/aromatic N) is 5. The third kappa shape index (κ3) is 5.99. The number of carbonyl (C=O) groups excluding carboxylic acids is 1. The first-order chi connectivity index (χ1) is 21.9. The van der Waals surface area contributed by atoms with E-state index in [9.17, 15) is 9.18 Å². The fraction of sp³-hybridized carbons (Fsp3) is 0.265. The van der Waals surface area contributed by atoms with E-state index in [-0.39, 0.29) is 17.6 Å². The molecule has 3 N–H and O–H groups in total. The third-order valence-electron chi connectivity index (χ3n) is 8.23. The highest BCUT2D eigenvalue weighted by atomic mass is 19.1. The minimum absolute atomic E-state index is 0.0472. The Morgan fingerprint density at radius 3 is 2.69 bits per heavy atom. The van der Waals surface area contributed by atoms with Crippen molar-refractivity contribution in [3.63, 3.8) is 0 Å². The highest BCUT2D eigenvalue weighted by molar-refractivity contribution is 6.00. The summed E-state index contributed by atoms with van der Waals surface area (Å²) >= 11 is 0. The number of H-pyrrole nitrogens is 2. The predicted octanol–water partition coefficient (Wildman–Crippen LogP) is 6.44. The monoisotopic (exact) mass is 604 g/mol. The van der Waals surface area contributed by atoms with Gasteiger partial charge in [-0.15, -0.1) is 0 Å². The van der Waals surface area contributed by atoms with Crippen LogP contribution in [0.3, 0.4) is 0 Å². The second-order valence-corrected chi connectivity index (χ2v) is 11.8. The van der Waals surface area contributed by atoms with Crippen molar-refractivity contribution in [3.05, 3.63) is 73.1 Å². The van der Waals surface area contributed by atoms with E-state index in [1.165, 1.54) is 12.1 Å². The van der Waals surface area contributed by atoms with Crippen molar-refractivity contribution in [2.45, 2.75) is 25.7 Å². The van der Waals surface area contributed by atoms with Gasteiger partial charge in [0, 0.05) is 47.4 Å². The number of aromatic nitrogens is 6. The molecule has 5 heterocycles. The van der Waals surface area contributed by atoms with Crippen LogP contribution in [0.2, 0.25) is 0 Å². The first kappa shape index (κ1) is 28.6. The lowest BCUT2D eigenvalue weighted by Crippen LogP contribution is -2.20. The second-order valence-electron chi connectivity index (χ2n) is 11.8. The minimum atomic E-state index is -0.383. The summed E-state index contributed by atoms with van der Waals surface area (Å²) in [5.74, 6) is 0.192. The van der Waals surface area contributed by atoms with Gasteiger partial charge >= 0.3 is 0 Å². The summed E-state index contributed by atoms with van der Waals surface area (Å²) < 4.78 is 20.5. The molecule has 0 saturated heterocycles. The number of carbonyl (C=O) groups is 1. The third-order valence-corrected chi connectivity index (χ3v) is 8.23. The number of anilines is 1. The largest absolute Gasteiger partial charge is 0.492 e. The summed E-state index contributed by atoms with van der Waals surface area (Å²) in [6, 6.07) is 12.4. The lowest BCUT2D eigenvalue weighted by Gasteiger charge is -2.12. The Labute approximate surface area is 259 Å². The zero-order valence-corrected chi connectivity index (χ0v) is 25.1. The number of hydrogen-bond donors (Lipinski definition) is 3. The molecule has 1 aliphatic rings. The number of fused-ring (bicyclic) bond motifs is 2. The molecule has 0 bridgehead atoms. The molecule has 1 amide bonds. The molecule has 1 fully saturated rings. The van der Waals surface area contributed by atoms with Crippen LogP contribution in [0.25, 0.3) is 55.7 Å². The number of nitrogens with one attached hydrogen (secondary N) is 3. The maximum absolute atomic E-state index is 14.7. The average molecular weight is 605 g/mol. The summed E-state index contributed by atoms with van der Waals surface area (Å²) in [7, 11) is 3.92. The van der Waals surface area contributed by atoms with Crippen LogP contribution in [-0.4, -0.2) is 68.2 Å². The Balaban J connectivity index is 1.20. The standard InChI is InChI=1S/C34H33FN8O2/c1-43(2)9-10-45-25-13-21(11-23(35)14-25)27-18-37-19-31-26(27)15-30(39-31)33-32-29(41-42-33)8-7-28(40-32)22-12-24(17-36-16-22)38-34(44)20-5-3-4-6-20/h7-8,11-20,39H,3-6,9-10H2,1-2H3,(H,38,44)(H,41,42). The van der Waals surface area contributed by atoms with E-state index in [0.717, 1.165) is 65.5 Å². The number of rotatable bonds is 9. The number of ether oxygens (including phenoxy) is 1. The molecular weight excluding hydrogens is 571 g/mol. The van der Waals surface area contributed by atoms with Gasteiger partial charge in [-0.2, -0.15) is 5.10 Å². The van der Waals surface area contributed by atoms with Gasteiger partial charge in [0.15, 0.2) is 0 Å². The van der Waals surface area contributed by atoms with Crippen LogP contribution in [0, 0.1) is 11.7 Å². The molecule has 0 unspecified atom stereocenters. The fourth-order valence-corrected chi connectivity index (χ4v) is 5.88. The molecule has 228 valence electrons. The Bertz CT molecular complexity index is 2010. The van der Waals surface area contributed by atoms with Crippen LogP contribution in [0.1, 0.15) is 25.7 Å². The molecular formula is C34H33FN8O2. The van der Waals surface area contributed by atoms with Crippen LogP contribution in [0.5, 0.6) is 5.75 Å². The van der Waals surface area contributed by atoms with Crippen molar-refractivity contribution in [3.8, 4) is 39.5 Å². The summed E-state index contributed by atoms with van der Waals surface area (Å²) in [5.41, 5.74) is 7.18. The van der Waals surface area contributed by atoms with E-state index in [1.54, 1.807) is 24.8 Å². The molecule has 7 rings (SSSR count). The number of pyridine rings is 3. The smallest absolute Gasteiger partial charge is 0.227 e. The second kappa shape index (κ2) is 12.1. The molecule has 10 nitrogen and oxygen atoms in total. The molecule has 1 aromatic carbocycles. The highest BCUT2D eigenvalue weighted by Crippen LogP contribution is 2.35. The molecule has 1 aliphatic carbocycles. The van der Waals surface area contributed by atoms with Crippen LogP contribution < -0.4 is 10.1 Å². The highest BCUT2D eigenvalue weighted by Gasteiger charge is 2.23. The van der Waals surface area contributed by atoms with E-state index in [0.29, 0.717) is 40.5 Å².